The van der Waals surface area contributed by atoms with Gasteiger partial charge in [-0.1, -0.05) is 85.0 Å². The van der Waals surface area contributed by atoms with Gasteiger partial charge in [0, 0.05) is 28.5 Å². The molecule has 0 aliphatic heterocycles. The molecule has 1 atom stereocenters. The number of amidine groups is 1. The summed E-state index contributed by atoms with van der Waals surface area (Å²) in [4.78, 5) is 7.53. The summed E-state index contributed by atoms with van der Waals surface area (Å²) in [6.07, 6.45) is 9.49. The van der Waals surface area contributed by atoms with E-state index in [9.17, 15) is 5.26 Å². The summed E-state index contributed by atoms with van der Waals surface area (Å²) in [5.74, 6) is 0.430. The molecule has 0 bridgehead atoms. The Balaban J connectivity index is 1.09. The molecule has 5 nitrogen and oxygen atoms in total. The van der Waals surface area contributed by atoms with E-state index in [1.165, 1.54) is 11.1 Å². The molecule has 2 heterocycles. The number of aromatic amines is 1. The molecule has 0 spiro atoms. The number of allylic oxidation sites excluding steroid dienone is 4. The number of hydrogen-bond acceptors (Lipinski definition) is 3. The predicted molar refractivity (Wildman–Crippen MR) is 193 cm³/mol. The second-order valence-electron chi connectivity index (χ2n) is 12.0. The molecule has 5 aromatic carbocycles. The molecule has 48 heavy (non-hydrogen) atoms. The molecule has 0 saturated carbocycles. The van der Waals surface area contributed by atoms with Crippen LogP contribution < -0.4 is 5.49 Å². The van der Waals surface area contributed by atoms with E-state index in [1.807, 2.05) is 66.9 Å². The number of nitrogens with one attached hydrogen (secondary N) is 2. The summed E-state index contributed by atoms with van der Waals surface area (Å²) in [7, 11) is 0. The maximum absolute atomic E-state index is 9.19. The van der Waals surface area contributed by atoms with E-state index in [-0.39, 0.29) is 11.8 Å². The summed E-state index contributed by atoms with van der Waals surface area (Å²) < 4.78 is 6.21. The fourth-order valence-corrected chi connectivity index (χ4v) is 6.41. The van der Waals surface area contributed by atoms with E-state index in [0.29, 0.717) is 11.1 Å². The summed E-state index contributed by atoms with van der Waals surface area (Å²) in [5, 5.41) is 19.9. The van der Waals surface area contributed by atoms with E-state index < -0.39 is 0 Å². The molecule has 228 valence electrons. The minimum atomic E-state index is 0.198. The van der Waals surface area contributed by atoms with Crippen molar-refractivity contribution in [2.45, 2.75) is 12.3 Å². The highest BCUT2D eigenvalue weighted by Crippen LogP contribution is 2.37. The second kappa shape index (κ2) is 12.4. The first-order chi connectivity index (χ1) is 23.6. The van der Waals surface area contributed by atoms with Crippen LogP contribution >= 0.6 is 0 Å². The van der Waals surface area contributed by atoms with Gasteiger partial charge in [0.2, 0.25) is 0 Å². The van der Waals surface area contributed by atoms with Crippen LogP contribution in [-0.2, 0) is 0 Å². The fourth-order valence-electron chi connectivity index (χ4n) is 6.41. The average Bonchev–Trinajstić information content (AvgIpc) is 3.53. The molecule has 7 aromatic rings. The number of nitriles is 1. The van der Waals surface area contributed by atoms with Crippen LogP contribution in [0.1, 0.15) is 34.6 Å². The Morgan fingerprint density at radius 1 is 0.729 bits per heavy atom. The van der Waals surface area contributed by atoms with Crippen LogP contribution in [0.4, 0.5) is 0 Å². The highest BCUT2D eigenvalue weighted by Gasteiger charge is 2.16. The standard InChI is InChI=1S/C43H30N4O/c44-27-28-13-15-29(16-14-28)35-17-19-40-38(25-35)39-26-36(18-20-41(39)48-40)33-9-4-7-31(23-33)30-6-3-8-32(22-30)34-10-5-11-37(24-34)43(45)47-42-12-1-2-21-46-42/h1-7,9-26,32H,8H2,(H2,45,46,47). The molecule has 1 aliphatic carbocycles. The molecule has 0 amide bonds. The Hall–Kier alpha value is -6.51. The van der Waals surface area contributed by atoms with Crippen molar-refractivity contribution in [3.05, 3.63) is 180 Å². The third kappa shape index (κ3) is 5.68. The summed E-state index contributed by atoms with van der Waals surface area (Å²) in [6, 6.07) is 45.1. The van der Waals surface area contributed by atoms with Gasteiger partial charge in [0.1, 0.15) is 16.7 Å². The lowest BCUT2D eigenvalue weighted by molar-refractivity contribution is 0.669. The molecule has 2 N–H and O–H groups in total. The first-order valence-electron chi connectivity index (χ1n) is 15.9. The summed E-state index contributed by atoms with van der Waals surface area (Å²) in [6.45, 7) is 0. The number of benzene rings is 5. The normalized spacial score (nSPS) is 14.6. The zero-order chi connectivity index (χ0) is 32.5. The highest BCUT2D eigenvalue weighted by molar-refractivity contribution is 6.07. The van der Waals surface area contributed by atoms with Crippen molar-refractivity contribution in [3.8, 4) is 28.3 Å². The van der Waals surface area contributed by atoms with Gasteiger partial charge in [-0.3, -0.25) is 5.41 Å². The molecule has 8 rings (SSSR count). The first kappa shape index (κ1) is 28.9. The molecular formula is C43H30N4O. The molecular weight excluding hydrogens is 589 g/mol. The van der Waals surface area contributed by atoms with Crippen molar-refractivity contribution in [2.24, 2.45) is 4.99 Å². The smallest absolute Gasteiger partial charge is 0.154 e. The lowest BCUT2D eigenvalue weighted by atomic mass is 9.86. The summed E-state index contributed by atoms with van der Waals surface area (Å²) >= 11 is 0. The summed E-state index contributed by atoms with van der Waals surface area (Å²) in [5.41, 5.74) is 11.7. The fraction of sp³-hybridized carbons (Fsp3) is 0.0465. The van der Waals surface area contributed by atoms with Gasteiger partial charge in [0.15, 0.2) is 5.84 Å². The van der Waals surface area contributed by atoms with Gasteiger partial charge in [0.25, 0.3) is 0 Å². The molecule has 0 fully saturated rings. The van der Waals surface area contributed by atoms with Gasteiger partial charge >= 0.3 is 0 Å². The minimum absolute atomic E-state index is 0.198. The number of pyridine rings is 1. The van der Waals surface area contributed by atoms with Crippen LogP contribution in [0.2, 0.25) is 0 Å². The van der Waals surface area contributed by atoms with Crippen LogP contribution in [0.15, 0.2) is 161 Å². The molecule has 1 aliphatic rings. The van der Waals surface area contributed by atoms with E-state index in [2.05, 4.69) is 101 Å². The Morgan fingerprint density at radius 2 is 1.44 bits per heavy atom. The van der Waals surface area contributed by atoms with Crippen molar-refractivity contribution < 1.29 is 4.42 Å². The predicted octanol–water partition coefficient (Wildman–Crippen LogP) is 10.2. The van der Waals surface area contributed by atoms with Crippen molar-refractivity contribution in [2.75, 3.05) is 0 Å². The molecule has 5 heteroatoms. The number of hydrogen-bond donors (Lipinski definition) is 2. The quantitative estimate of drug-likeness (QED) is 0.148. The lowest BCUT2D eigenvalue weighted by Crippen LogP contribution is -2.10. The highest BCUT2D eigenvalue weighted by atomic mass is 16.3. The van der Waals surface area contributed by atoms with Crippen LogP contribution in [0.3, 0.4) is 0 Å². The van der Waals surface area contributed by atoms with Crippen LogP contribution in [0, 0.1) is 16.7 Å². The van der Waals surface area contributed by atoms with Gasteiger partial charge in [-0.2, -0.15) is 5.26 Å². The Morgan fingerprint density at radius 3 is 2.19 bits per heavy atom. The second-order valence-corrected chi connectivity index (χ2v) is 12.0. The van der Waals surface area contributed by atoms with Crippen molar-refractivity contribution >= 4 is 33.3 Å². The maximum Gasteiger partial charge on any atom is 0.154 e. The van der Waals surface area contributed by atoms with Gasteiger partial charge in [0.05, 0.1) is 11.6 Å². The van der Waals surface area contributed by atoms with E-state index in [4.69, 9.17) is 9.83 Å². The number of furan rings is 1. The maximum atomic E-state index is 9.19. The third-order valence-corrected chi connectivity index (χ3v) is 8.93. The minimum Gasteiger partial charge on any atom is -0.456 e. The number of fused-ring (bicyclic) bond motifs is 3. The zero-order valence-electron chi connectivity index (χ0n) is 26.0. The molecule has 1 unspecified atom stereocenters. The van der Waals surface area contributed by atoms with E-state index in [1.54, 1.807) is 0 Å². The molecule has 0 radical (unpaired) electrons. The van der Waals surface area contributed by atoms with E-state index in [0.717, 1.165) is 61.7 Å². The number of H-pyrrole nitrogens is 1. The van der Waals surface area contributed by atoms with Gasteiger partial charge in [-0.05, 0) is 106 Å². The SMILES string of the molecule is N#Cc1ccc(-c2ccc3oc4ccc(-c5cccc(C6=CC(c7cccc(C(=N)/N=c8/cccc[nH]8)c7)CC=C6)c5)cc4c3c2)cc1. The van der Waals surface area contributed by atoms with Crippen LogP contribution in [0.25, 0.3) is 49.8 Å². The van der Waals surface area contributed by atoms with Gasteiger partial charge < -0.3 is 9.40 Å². The molecule has 0 saturated heterocycles. The first-order valence-corrected chi connectivity index (χ1v) is 15.9. The third-order valence-electron chi connectivity index (χ3n) is 8.93. The Labute approximate surface area is 278 Å². The topological polar surface area (TPSA) is 88.9 Å². The number of rotatable bonds is 5. The number of aromatic nitrogens is 1. The average molecular weight is 619 g/mol. The van der Waals surface area contributed by atoms with Crippen molar-refractivity contribution in [1.82, 2.24) is 4.98 Å². The Bertz CT molecular complexity index is 2500. The monoisotopic (exact) mass is 618 g/mol. The van der Waals surface area contributed by atoms with Crippen molar-refractivity contribution in [3.63, 3.8) is 0 Å². The van der Waals surface area contributed by atoms with Gasteiger partial charge in [-0.25, -0.2) is 4.99 Å². The largest absolute Gasteiger partial charge is 0.456 e. The Kier molecular flexibility index (Phi) is 7.45. The van der Waals surface area contributed by atoms with Crippen LogP contribution in [0.5, 0.6) is 0 Å². The number of nitrogens with zero attached hydrogens (tertiary/aromatic N) is 2. The van der Waals surface area contributed by atoms with Crippen molar-refractivity contribution in [1.29, 1.82) is 10.7 Å². The molecule has 2 aromatic heterocycles. The van der Waals surface area contributed by atoms with Crippen LogP contribution in [-0.4, -0.2) is 10.8 Å². The van der Waals surface area contributed by atoms with E-state index >= 15 is 0 Å². The van der Waals surface area contributed by atoms with Gasteiger partial charge in [-0.15, -0.1) is 0 Å². The zero-order valence-corrected chi connectivity index (χ0v) is 26.0. The lowest BCUT2D eigenvalue weighted by Gasteiger charge is -2.18.